The van der Waals surface area contributed by atoms with Gasteiger partial charge >= 0.3 is 5.97 Å². The molecule has 6 heteroatoms. The van der Waals surface area contributed by atoms with Crippen LogP contribution in [0.3, 0.4) is 0 Å². The van der Waals surface area contributed by atoms with Crippen molar-refractivity contribution in [2.24, 2.45) is 5.92 Å². The molecule has 0 fully saturated rings. The number of hydrogen-bond donors (Lipinski definition) is 2. The quantitative estimate of drug-likeness (QED) is 0.685. The molecule has 2 N–H and O–H groups in total. The number of hydrogen-bond acceptors (Lipinski definition) is 3. The summed E-state index contributed by atoms with van der Waals surface area (Å²) in [6.45, 7) is 2.30. The van der Waals surface area contributed by atoms with Crippen LogP contribution in [0.4, 0.5) is 5.69 Å². The Hall–Kier alpha value is -3.54. The summed E-state index contributed by atoms with van der Waals surface area (Å²) in [7, 11) is 0. The van der Waals surface area contributed by atoms with Gasteiger partial charge in [-0.1, -0.05) is 6.92 Å². The molecule has 2 heterocycles. The molecule has 3 aromatic rings. The van der Waals surface area contributed by atoms with Gasteiger partial charge in [0.25, 0.3) is 5.91 Å². The number of aromatic nitrogens is 1. The number of aromatic carboxylic acids is 1. The molecule has 2 aromatic carbocycles. The normalized spacial score (nSPS) is 17.5. The molecule has 1 aliphatic carbocycles. The van der Waals surface area contributed by atoms with Gasteiger partial charge in [-0.2, -0.15) is 0 Å². The Kier molecular flexibility index (Phi) is 4.35. The molecule has 6 nitrogen and oxygen atoms in total. The molecule has 0 saturated carbocycles. The van der Waals surface area contributed by atoms with E-state index in [0.29, 0.717) is 17.4 Å². The number of carbonyl (C=O) groups excluding carboxylic acids is 1. The minimum atomic E-state index is -0.935. The van der Waals surface area contributed by atoms with Gasteiger partial charge in [0.1, 0.15) is 5.75 Å². The van der Waals surface area contributed by atoms with E-state index in [2.05, 4.69) is 22.9 Å². The number of carbonyl (C=O) groups is 2. The number of rotatable bonds is 3. The van der Waals surface area contributed by atoms with Crippen molar-refractivity contribution in [3.63, 3.8) is 0 Å². The predicted molar refractivity (Wildman–Crippen MR) is 113 cm³/mol. The first-order valence-electron chi connectivity index (χ1n) is 10.1. The van der Waals surface area contributed by atoms with Crippen LogP contribution in [-0.2, 0) is 17.6 Å². The molecule has 0 saturated heterocycles. The van der Waals surface area contributed by atoms with Crippen molar-refractivity contribution >= 4 is 17.6 Å². The molecule has 1 amide bonds. The van der Waals surface area contributed by atoms with Crippen LogP contribution in [0.1, 0.15) is 35.0 Å². The van der Waals surface area contributed by atoms with Gasteiger partial charge in [0, 0.05) is 16.9 Å². The summed E-state index contributed by atoms with van der Waals surface area (Å²) in [6.07, 6.45) is 3.12. The van der Waals surface area contributed by atoms with Crippen LogP contribution >= 0.6 is 0 Å². The van der Waals surface area contributed by atoms with Gasteiger partial charge < -0.3 is 19.7 Å². The topological polar surface area (TPSA) is 80.6 Å². The van der Waals surface area contributed by atoms with Crippen LogP contribution in [0.15, 0.2) is 48.5 Å². The van der Waals surface area contributed by atoms with Gasteiger partial charge in [0.05, 0.1) is 16.9 Å². The van der Waals surface area contributed by atoms with Crippen LogP contribution in [0, 0.1) is 5.92 Å². The Bertz CT molecular complexity index is 1160. The van der Waals surface area contributed by atoms with E-state index < -0.39 is 5.97 Å². The average molecular weight is 402 g/mol. The highest BCUT2D eigenvalue weighted by molar-refractivity contribution is 5.96. The lowest BCUT2D eigenvalue weighted by molar-refractivity contribution is -0.118. The SMILES string of the molecule is CC1CCc2c(cc(-c3ccc4c(c3)NC(=O)CO4)n2-c2ccc(C(=O)O)cc2)C1. The van der Waals surface area contributed by atoms with Crippen molar-refractivity contribution in [3.05, 3.63) is 65.4 Å². The predicted octanol–water partition coefficient (Wildman–Crippen LogP) is 4.30. The van der Waals surface area contributed by atoms with Gasteiger partial charge in [-0.15, -0.1) is 0 Å². The Labute approximate surface area is 174 Å². The maximum atomic E-state index is 11.8. The van der Waals surface area contributed by atoms with E-state index in [1.165, 1.54) is 11.3 Å². The lowest BCUT2D eigenvalue weighted by Gasteiger charge is -2.22. The van der Waals surface area contributed by atoms with Gasteiger partial charge in [-0.3, -0.25) is 4.79 Å². The molecule has 2 aliphatic rings. The lowest BCUT2D eigenvalue weighted by atomic mass is 9.89. The van der Waals surface area contributed by atoms with E-state index in [9.17, 15) is 14.7 Å². The number of fused-ring (bicyclic) bond motifs is 2. The monoisotopic (exact) mass is 402 g/mol. The summed E-state index contributed by atoms with van der Waals surface area (Å²) in [5.41, 5.74) is 6.47. The fourth-order valence-electron chi connectivity index (χ4n) is 4.41. The lowest BCUT2D eigenvalue weighted by Crippen LogP contribution is -2.25. The van der Waals surface area contributed by atoms with Crippen molar-refractivity contribution < 1.29 is 19.4 Å². The number of amides is 1. The molecule has 0 radical (unpaired) electrons. The molecule has 1 atom stereocenters. The van der Waals surface area contributed by atoms with Crippen LogP contribution in [0.5, 0.6) is 5.75 Å². The Balaban J connectivity index is 1.66. The van der Waals surface area contributed by atoms with Gasteiger partial charge in [-0.25, -0.2) is 4.79 Å². The Morgan fingerprint density at radius 3 is 2.73 bits per heavy atom. The van der Waals surface area contributed by atoms with E-state index in [1.54, 1.807) is 12.1 Å². The first-order valence-corrected chi connectivity index (χ1v) is 10.1. The number of benzene rings is 2. The molecule has 0 spiro atoms. The molecule has 30 heavy (non-hydrogen) atoms. The summed E-state index contributed by atoms with van der Waals surface area (Å²) < 4.78 is 7.72. The largest absolute Gasteiger partial charge is 0.482 e. The highest BCUT2D eigenvalue weighted by Gasteiger charge is 2.24. The van der Waals surface area contributed by atoms with Crippen molar-refractivity contribution in [1.29, 1.82) is 0 Å². The van der Waals surface area contributed by atoms with E-state index in [-0.39, 0.29) is 18.1 Å². The van der Waals surface area contributed by atoms with Gasteiger partial charge in [0.15, 0.2) is 6.61 Å². The summed E-state index contributed by atoms with van der Waals surface area (Å²) in [6, 6.07) is 15.0. The summed E-state index contributed by atoms with van der Waals surface area (Å²) in [5, 5.41) is 12.1. The molecule has 152 valence electrons. The van der Waals surface area contributed by atoms with E-state index in [0.717, 1.165) is 36.2 Å². The van der Waals surface area contributed by atoms with E-state index in [1.807, 2.05) is 30.3 Å². The number of ether oxygens (including phenoxy) is 1. The number of anilines is 1. The molecule has 1 aliphatic heterocycles. The molecule has 1 unspecified atom stereocenters. The second-order valence-electron chi connectivity index (χ2n) is 8.08. The van der Waals surface area contributed by atoms with Crippen molar-refractivity contribution in [2.75, 3.05) is 11.9 Å². The average Bonchev–Trinajstić information content (AvgIpc) is 3.11. The highest BCUT2D eigenvalue weighted by Crippen LogP contribution is 2.38. The third kappa shape index (κ3) is 3.14. The fourth-order valence-corrected chi connectivity index (χ4v) is 4.41. The smallest absolute Gasteiger partial charge is 0.335 e. The van der Waals surface area contributed by atoms with Crippen molar-refractivity contribution in [1.82, 2.24) is 4.57 Å². The van der Waals surface area contributed by atoms with Gasteiger partial charge in [0.2, 0.25) is 0 Å². The third-order valence-corrected chi connectivity index (χ3v) is 5.92. The molecule has 0 bridgehead atoms. The standard InChI is InChI=1S/C24H22N2O4/c1-14-2-8-20-17(10-14)12-21(26(20)18-6-3-15(4-7-18)24(28)29)16-5-9-22-19(11-16)25-23(27)13-30-22/h3-7,9,11-12,14H,2,8,10,13H2,1H3,(H,25,27)(H,28,29). The minimum Gasteiger partial charge on any atom is -0.482 e. The maximum absolute atomic E-state index is 11.8. The number of carboxylic acids is 1. The second-order valence-corrected chi connectivity index (χ2v) is 8.08. The minimum absolute atomic E-state index is 0.0326. The third-order valence-electron chi connectivity index (χ3n) is 5.92. The Morgan fingerprint density at radius 1 is 1.17 bits per heavy atom. The number of nitrogens with one attached hydrogen (secondary N) is 1. The Morgan fingerprint density at radius 2 is 1.97 bits per heavy atom. The molecule has 1 aromatic heterocycles. The number of carboxylic acid groups (broad SMARTS) is 1. The first-order chi connectivity index (χ1) is 14.5. The van der Waals surface area contributed by atoms with Crippen LogP contribution in [0.25, 0.3) is 16.9 Å². The summed E-state index contributed by atoms with van der Waals surface area (Å²) in [5.74, 6) is 0.204. The fraction of sp³-hybridized carbons (Fsp3) is 0.250. The summed E-state index contributed by atoms with van der Waals surface area (Å²) in [4.78, 5) is 23.0. The van der Waals surface area contributed by atoms with E-state index in [4.69, 9.17) is 4.74 Å². The van der Waals surface area contributed by atoms with Crippen molar-refractivity contribution in [3.8, 4) is 22.7 Å². The highest BCUT2D eigenvalue weighted by atomic mass is 16.5. The van der Waals surface area contributed by atoms with E-state index >= 15 is 0 Å². The zero-order valence-electron chi connectivity index (χ0n) is 16.6. The first kappa shape index (κ1) is 18.5. The van der Waals surface area contributed by atoms with Crippen molar-refractivity contribution in [2.45, 2.75) is 26.2 Å². The zero-order chi connectivity index (χ0) is 20.8. The molecule has 5 rings (SSSR count). The summed E-state index contributed by atoms with van der Waals surface area (Å²) >= 11 is 0. The van der Waals surface area contributed by atoms with Gasteiger partial charge in [-0.05, 0) is 79.3 Å². The maximum Gasteiger partial charge on any atom is 0.335 e. The second kappa shape index (κ2) is 7.06. The zero-order valence-corrected chi connectivity index (χ0v) is 16.6. The number of nitrogens with zero attached hydrogens (tertiary/aromatic N) is 1. The van der Waals surface area contributed by atoms with Crippen LogP contribution < -0.4 is 10.1 Å². The molecular weight excluding hydrogens is 380 g/mol. The van der Waals surface area contributed by atoms with Crippen LogP contribution in [-0.4, -0.2) is 28.2 Å². The van der Waals surface area contributed by atoms with Crippen LogP contribution in [0.2, 0.25) is 0 Å². The molecular formula is C24H22N2O4.